The summed E-state index contributed by atoms with van der Waals surface area (Å²) in [5.41, 5.74) is 0. The third-order valence-corrected chi connectivity index (χ3v) is 6.41. The van der Waals surface area contributed by atoms with Crippen LogP contribution in [0, 0.1) is 0 Å². The highest BCUT2D eigenvalue weighted by Gasteiger charge is 2.39. The van der Waals surface area contributed by atoms with Crippen LogP contribution in [0.5, 0.6) is 0 Å². The van der Waals surface area contributed by atoms with Gasteiger partial charge in [-0.2, -0.15) is 0 Å². The zero-order valence-electron chi connectivity index (χ0n) is 9.83. The molecule has 0 saturated heterocycles. The van der Waals surface area contributed by atoms with E-state index in [4.69, 9.17) is 9.79 Å². The molecule has 1 fully saturated rings. The summed E-state index contributed by atoms with van der Waals surface area (Å²) in [6.07, 6.45) is 4.05. The topological polar surface area (TPSA) is 101 Å². The van der Waals surface area contributed by atoms with Crippen LogP contribution in [-0.2, 0) is 18.9 Å². The molecule has 0 unspecified atom stereocenters. The fraction of sp³-hybridized carbons (Fsp3) is 1.00. The van der Waals surface area contributed by atoms with Gasteiger partial charge in [-0.15, -0.1) is 0 Å². The van der Waals surface area contributed by atoms with Crippen molar-refractivity contribution in [3.05, 3.63) is 0 Å². The van der Waals surface area contributed by atoms with Crippen LogP contribution in [0.2, 0.25) is 0 Å². The summed E-state index contributed by atoms with van der Waals surface area (Å²) in [6, 6.07) is 0. The highest BCUT2D eigenvalue weighted by atomic mass is 32.2. The molecule has 17 heavy (non-hydrogen) atoms. The summed E-state index contributed by atoms with van der Waals surface area (Å²) in [7, 11) is -7.95. The predicted molar refractivity (Wildman–Crippen MR) is 63.3 cm³/mol. The Morgan fingerprint density at radius 3 is 2.24 bits per heavy atom. The van der Waals surface area contributed by atoms with Crippen molar-refractivity contribution in [1.29, 1.82) is 0 Å². The minimum absolute atomic E-state index is 0.339. The first kappa shape index (κ1) is 15.1. The van der Waals surface area contributed by atoms with Crippen molar-refractivity contribution in [3.8, 4) is 0 Å². The van der Waals surface area contributed by atoms with Crippen LogP contribution in [0.3, 0.4) is 0 Å². The number of phosphoric acid groups is 1. The third-order valence-electron chi connectivity index (χ3n) is 3.27. The van der Waals surface area contributed by atoms with Crippen molar-refractivity contribution in [2.45, 2.75) is 43.8 Å². The molecule has 0 aromatic carbocycles. The summed E-state index contributed by atoms with van der Waals surface area (Å²) < 4.78 is 38.0. The number of rotatable bonds is 5. The van der Waals surface area contributed by atoms with Gasteiger partial charge in [0.05, 0.1) is 17.1 Å². The molecule has 0 bridgehead atoms. The van der Waals surface area contributed by atoms with Gasteiger partial charge in [-0.1, -0.05) is 19.3 Å². The second kappa shape index (κ2) is 5.36. The summed E-state index contributed by atoms with van der Waals surface area (Å²) in [5, 5.41) is 0. The van der Waals surface area contributed by atoms with Crippen molar-refractivity contribution >= 4 is 17.7 Å². The van der Waals surface area contributed by atoms with E-state index in [2.05, 4.69) is 4.52 Å². The van der Waals surface area contributed by atoms with E-state index < -0.39 is 29.0 Å². The molecule has 0 aromatic heterocycles. The maximum absolute atomic E-state index is 12.1. The maximum atomic E-state index is 12.1. The lowest BCUT2D eigenvalue weighted by atomic mass is 9.90. The average molecular weight is 286 g/mol. The lowest BCUT2D eigenvalue weighted by molar-refractivity contribution is 0.207. The van der Waals surface area contributed by atoms with Gasteiger partial charge in [0.2, 0.25) is 0 Å². The standard InChI is InChI=1S/C9H19O6PS/c1-9(5-3-2-4-6-9)17(13,14)8-7-15-16(10,11)12/h2-8H2,1H3,(H2,10,11,12). The van der Waals surface area contributed by atoms with Crippen molar-refractivity contribution in [1.82, 2.24) is 0 Å². The molecule has 1 saturated carbocycles. The van der Waals surface area contributed by atoms with Crippen LogP contribution in [0.4, 0.5) is 0 Å². The number of hydrogen-bond donors (Lipinski definition) is 2. The van der Waals surface area contributed by atoms with E-state index in [1.165, 1.54) is 0 Å². The van der Waals surface area contributed by atoms with Crippen LogP contribution >= 0.6 is 7.82 Å². The Kier molecular flexibility index (Phi) is 4.77. The monoisotopic (exact) mass is 286 g/mol. The molecule has 0 spiro atoms. The van der Waals surface area contributed by atoms with E-state index >= 15 is 0 Å². The highest BCUT2D eigenvalue weighted by molar-refractivity contribution is 7.92. The number of phosphoric ester groups is 1. The van der Waals surface area contributed by atoms with Gasteiger partial charge >= 0.3 is 7.82 Å². The molecule has 1 rings (SSSR count). The highest BCUT2D eigenvalue weighted by Crippen LogP contribution is 2.38. The SMILES string of the molecule is CC1(S(=O)(=O)CCOP(=O)(O)O)CCCCC1. The Labute approximate surface area is 102 Å². The number of sulfone groups is 1. The first-order valence-electron chi connectivity index (χ1n) is 5.59. The van der Waals surface area contributed by atoms with Gasteiger partial charge in [-0.3, -0.25) is 4.52 Å². The van der Waals surface area contributed by atoms with Crippen LogP contribution in [-0.4, -0.2) is 35.3 Å². The Hall–Kier alpha value is 0.0600. The average Bonchev–Trinajstić information content (AvgIpc) is 2.16. The first-order valence-corrected chi connectivity index (χ1v) is 8.77. The minimum Gasteiger partial charge on any atom is -0.303 e. The minimum atomic E-state index is -4.58. The summed E-state index contributed by atoms with van der Waals surface area (Å²) >= 11 is 0. The van der Waals surface area contributed by atoms with E-state index in [1.807, 2.05) is 0 Å². The smallest absolute Gasteiger partial charge is 0.303 e. The van der Waals surface area contributed by atoms with Gasteiger partial charge < -0.3 is 9.79 Å². The zero-order chi connectivity index (χ0) is 13.2. The first-order chi connectivity index (χ1) is 7.66. The Morgan fingerprint density at radius 1 is 1.24 bits per heavy atom. The fourth-order valence-electron chi connectivity index (χ4n) is 2.12. The normalized spacial score (nSPS) is 21.4. The van der Waals surface area contributed by atoms with E-state index in [1.54, 1.807) is 6.92 Å². The van der Waals surface area contributed by atoms with Gasteiger partial charge in [-0.05, 0) is 19.8 Å². The third kappa shape index (κ3) is 4.34. The lowest BCUT2D eigenvalue weighted by Gasteiger charge is -2.32. The van der Waals surface area contributed by atoms with Gasteiger partial charge in [0, 0.05) is 0 Å². The molecule has 102 valence electrons. The van der Waals surface area contributed by atoms with Crippen LogP contribution < -0.4 is 0 Å². The van der Waals surface area contributed by atoms with Gasteiger partial charge in [0.15, 0.2) is 9.84 Å². The molecule has 8 heteroatoms. The summed E-state index contributed by atoms with van der Waals surface area (Å²) in [5.74, 6) is -0.339. The van der Waals surface area contributed by atoms with Gasteiger partial charge in [-0.25, -0.2) is 13.0 Å². The molecular weight excluding hydrogens is 267 g/mol. The second-order valence-corrected chi connectivity index (χ2v) is 8.52. The molecule has 0 heterocycles. The largest absolute Gasteiger partial charge is 0.469 e. The van der Waals surface area contributed by atoms with Crippen molar-refractivity contribution < 1.29 is 27.3 Å². The molecule has 0 aromatic rings. The van der Waals surface area contributed by atoms with Crippen LogP contribution in [0.15, 0.2) is 0 Å². The molecule has 6 nitrogen and oxygen atoms in total. The van der Waals surface area contributed by atoms with Crippen molar-refractivity contribution in [2.24, 2.45) is 0 Å². The molecule has 0 atom stereocenters. The molecule has 0 radical (unpaired) electrons. The predicted octanol–water partition coefficient (Wildman–Crippen LogP) is 1.23. The van der Waals surface area contributed by atoms with E-state index in [0.29, 0.717) is 12.8 Å². The lowest BCUT2D eigenvalue weighted by Crippen LogP contribution is -2.39. The van der Waals surface area contributed by atoms with E-state index in [0.717, 1.165) is 19.3 Å². The molecule has 2 N–H and O–H groups in total. The van der Waals surface area contributed by atoms with Crippen LogP contribution in [0.1, 0.15) is 39.0 Å². The Balaban J connectivity index is 2.59. The molecule has 1 aliphatic rings. The quantitative estimate of drug-likeness (QED) is 0.737. The molecule has 0 amide bonds. The van der Waals surface area contributed by atoms with E-state index in [-0.39, 0.29) is 5.75 Å². The summed E-state index contributed by atoms with van der Waals surface area (Å²) in [4.78, 5) is 17.0. The van der Waals surface area contributed by atoms with E-state index in [9.17, 15) is 13.0 Å². The van der Waals surface area contributed by atoms with Gasteiger partial charge in [0.25, 0.3) is 0 Å². The Bertz CT molecular complexity index is 392. The molecular formula is C9H19O6PS. The van der Waals surface area contributed by atoms with Crippen molar-refractivity contribution in [3.63, 3.8) is 0 Å². The molecule has 0 aliphatic heterocycles. The molecule has 1 aliphatic carbocycles. The van der Waals surface area contributed by atoms with Crippen LogP contribution in [0.25, 0.3) is 0 Å². The Morgan fingerprint density at radius 2 is 1.76 bits per heavy atom. The maximum Gasteiger partial charge on any atom is 0.469 e. The summed E-state index contributed by atoms with van der Waals surface area (Å²) in [6.45, 7) is 1.25. The zero-order valence-corrected chi connectivity index (χ0v) is 11.5. The van der Waals surface area contributed by atoms with Gasteiger partial charge in [0.1, 0.15) is 0 Å². The van der Waals surface area contributed by atoms with Crippen molar-refractivity contribution in [2.75, 3.05) is 12.4 Å². The fourth-order valence-corrected chi connectivity index (χ4v) is 4.28. The second-order valence-electron chi connectivity index (χ2n) is 4.65. The number of hydrogen-bond acceptors (Lipinski definition) is 4.